The fourth-order valence-corrected chi connectivity index (χ4v) is 1.55. The summed E-state index contributed by atoms with van der Waals surface area (Å²) in [6.07, 6.45) is 0. The van der Waals surface area contributed by atoms with Crippen LogP contribution in [0.25, 0.3) is 0 Å². The molecule has 1 aromatic carbocycles. The largest absolute Gasteiger partial charge is 0.502 e. The van der Waals surface area contributed by atoms with E-state index in [4.69, 9.17) is 9.47 Å². The first kappa shape index (κ1) is 8.93. The van der Waals surface area contributed by atoms with Crippen molar-refractivity contribution < 1.29 is 14.6 Å². The van der Waals surface area contributed by atoms with E-state index < -0.39 is 0 Å². The Morgan fingerprint density at radius 2 is 1.58 bits per heavy atom. The standard InChI is InChI=1S/C8H12O3Si/c1-10-6-3-5(12)4-7(11-2)8(6)9/h3-4,9H,1-2,12H3. The van der Waals surface area contributed by atoms with Gasteiger partial charge in [0.05, 0.1) is 14.2 Å². The molecule has 0 radical (unpaired) electrons. The van der Waals surface area contributed by atoms with Crippen molar-refractivity contribution in [2.75, 3.05) is 14.2 Å². The molecule has 1 aromatic rings. The van der Waals surface area contributed by atoms with Crippen molar-refractivity contribution in [2.45, 2.75) is 0 Å². The van der Waals surface area contributed by atoms with E-state index in [0.717, 1.165) is 15.4 Å². The second kappa shape index (κ2) is 3.49. The second-order valence-corrected chi connectivity index (χ2v) is 3.67. The van der Waals surface area contributed by atoms with Crippen LogP contribution in [0.5, 0.6) is 17.2 Å². The van der Waals surface area contributed by atoms with Gasteiger partial charge in [0, 0.05) is 10.2 Å². The van der Waals surface area contributed by atoms with E-state index >= 15 is 0 Å². The first-order chi connectivity index (χ1) is 5.69. The summed E-state index contributed by atoms with van der Waals surface area (Å²) in [4.78, 5) is 0. The van der Waals surface area contributed by atoms with Crippen LogP contribution in [0.1, 0.15) is 0 Å². The molecule has 0 saturated heterocycles. The Morgan fingerprint density at radius 1 is 1.17 bits per heavy atom. The Morgan fingerprint density at radius 3 is 1.92 bits per heavy atom. The summed E-state index contributed by atoms with van der Waals surface area (Å²) in [5.41, 5.74) is 0. The first-order valence-corrected chi connectivity index (χ1v) is 4.60. The summed E-state index contributed by atoms with van der Waals surface area (Å²) in [7, 11) is 3.95. The van der Waals surface area contributed by atoms with Crippen LogP contribution in [0.4, 0.5) is 0 Å². The Kier molecular flexibility index (Phi) is 2.60. The lowest BCUT2D eigenvalue weighted by atomic mass is 10.3. The quantitative estimate of drug-likeness (QED) is 0.624. The topological polar surface area (TPSA) is 38.7 Å². The molecule has 0 spiro atoms. The maximum atomic E-state index is 9.48. The lowest BCUT2D eigenvalue weighted by Crippen LogP contribution is -2.03. The number of hydrogen-bond donors (Lipinski definition) is 1. The highest BCUT2D eigenvalue weighted by Crippen LogP contribution is 2.33. The Bertz CT molecular complexity index is 261. The first-order valence-electron chi connectivity index (χ1n) is 3.60. The highest BCUT2D eigenvalue weighted by Gasteiger charge is 2.08. The molecule has 3 nitrogen and oxygen atoms in total. The van der Waals surface area contributed by atoms with Gasteiger partial charge in [-0.2, -0.15) is 0 Å². The molecule has 0 bridgehead atoms. The maximum absolute atomic E-state index is 9.48. The number of benzene rings is 1. The van der Waals surface area contributed by atoms with E-state index in [1.165, 1.54) is 14.2 Å². The zero-order chi connectivity index (χ0) is 9.14. The van der Waals surface area contributed by atoms with Crippen molar-refractivity contribution in [1.82, 2.24) is 0 Å². The van der Waals surface area contributed by atoms with Gasteiger partial charge in [-0.25, -0.2) is 0 Å². The van der Waals surface area contributed by atoms with Crippen LogP contribution in [0, 0.1) is 0 Å². The fraction of sp³-hybridized carbons (Fsp3) is 0.250. The van der Waals surface area contributed by atoms with Crippen LogP contribution >= 0.6 is 0 Å². The van der Waals surface area contributed by atoms with Crippen LogP contribution in [-0.2, 0) is 0 Å². The number of rotatable bonds is 2. The van der Waals surface area contributed by atoms with Gasteiger partial charge in [0.25, 0.3) is 0 Å². The van der Waals surface area contributed by atoms with E-state index in [-0.39, 0.29) is 5.75 Å². The number of phenolic OH excluding ortho intramolecular Hbond substituents is 1. The smallest absolute Gasteiger partial charge is 0.200 e. The zero-order valence-corrected chi connectivity index (χ0v) is 9.42. The monoisotopic (exact) mass is 184 g/mol. The van der Waals surface area contributed by atoms with E-state index in [9.17, 15) is 5.11 Å². The number of aromatic hydroxyl groups is 1. The van der Waals surface area contributed by atoms with Gasteiger partial charge in [0.1, 0.15) is 0 Å². The summed E-state index contributed by atoms with van der Waals surface area (Å²) >= 11 is 0. The Labute approximate surface area is 74.4 Å². The van der Waals surface area contributed by atoms with Crippen molar-refractivity contribution in [1.29, 1.82) is 0 Å². The molecule has 0 aromatic heterocycles. The molecule has 0 atom stereocenters. The molecule has 66 valence electrons. The minimum atomic E-state index is 0.0691. The summed E-state index contributed by atoms with van der Waals surface area (Å²) < 4.78 is 9.92. The van der Waals surface area contributed by atoms with Gasteiger partial charge in [-0.1, -0.05) is 5.19 Å². The maximum Gasteiger partial charge on any atom is 0.200 e. The average molecular weight is 184 g/mol. The van der Waals surface area contributed by atoms with Crippen molar-refractivity contribution in [3.05, 3.63) is 12.1 Å². The Hall–Kier alpha value is -1.16. The lowest BCUT2D eigenvalue weighted by Gasteiger charge is -2.08. The molecule has 0 aliphatic heterocycles. The molecule has 0 saturated carbocycles. The summed E-state index contributed by atoms with van der Waals surface area (Å²) in [6, 6.07) is 3.62. The summed E-state index contributed by atoms with van der Waals surface area (Å²) in [5, 5.41) is 10.6. The molecule has 0 aliphatic rings. The third-order valence-electron chi connectivity index (χ3n) is 1.62. The van der Waals surface area contributed by atoms with E-state index in [0.29, 0.717) is 11.5 Å². The third kappa shape index (κ3) is 1.53. The molecule has 12 heavy (non-hydrogen) atoms. The van der Waals surface area contributed by atoms with E-state index in [2.05, 4.69) is 0 Å². The SMILES string of the molecule is COc1cc([SiH3])cc(OC)c1O. The van der Waals surface area contributed by atoms with Crippen molar-refractivity contribution in [2.24, 2.45) is 0 Å². The van der Waals surface area contributed by atoms with Gasteiger partial charge in [-0.05, 0) is 12.1 Å². The molecule has 4 heteroatoms. The molecular formula is C8H12O3Si. The third-order valence-corrected chi connectivity index (χ3v) is 2.20. The van der Waals surface area contributed by atoms with Crippen molar-refractivity contribution >= 4 is 15.4 Å². The number of phenols is 1. The average Bonchev–Trinajstić information content (AvgIpc) is 2.08. The van der Waals surface area contributed by atoms with Gasteiger partial charge in [-0.15, -0.1) is 0 Å². The number of hydrogen-bond acceptors (Lipinski definition) is 3. The minimum absolute atomic E-state index is 0.0691. The minimum Gasteiger partial charge on any atom is -0.502 e. The van der Waals surface area contributed by atoms with Gasteiger partial charge in [-0.3, -0.25) is 0 Å². The molecule has 1 N–H and O–H groups in total. The highest BCUT2D eigenvalue weighted by atomic mass is 28.1. The van der Waals surface area contributed by atoms with Crippen LogP contribution in [0.3, 0.4) is 0 Å². The predicted molar refractivity (Wildman–Crippen MR) is 50.8 cm³/mol. The van der Waals surface area contributed by atoms with E-state index in [1.54, 1.807) is 0 Å². The number of methoxy groups -OCH3 is 2. The Balaban J connectivity index is 3.22. The molecule has 1 rings (SSSR count). The van der Waals surface area contributed by atoms with Gasteiger partial charge < -0.3 is 14.6 Å². The normalized spacial score (nSPS) is 9.83. The molecule has 0 unspecified atom stereocenters. The summed E-state index contributed by atoms with van der Waals surface area (Å²) in [6.45, 7) is 0. The fourth-order valence-electron chi connectivity index (χ4n) is 1.02. The summed E-state index contributed by atoms with van der Waals surface area (Å²) in [5.74, 6) is 1.01. The second-order valence-electron chi connectivity index (χ2n) is 2.52. The zero-order valence-electron chi connectivity index (χ0n) is 7.42. The van der Waals surface area contributed by atoms with Crippen LogP contribution in [0.15, 0.2) is 12.1 Å². The van der Waals surface area contributed by atoms with Gasteiger partial charge >= 0.3 is 0 Å². The molecule has 0 amide bonds. The predicted octanol–water partition coefficient (Wildman–Crippen LogP) is -0.600. The van der Waals surface area contributed by atoms with E-state index in [1.807, 2.05) is 12.1 Å². The molecule has 0 fully saturated rings. The van der Waals surface area contributed by atoms with Gasteiger partial charge in [0.2, 0.25) is 5.75 Å². The molecule has 0 aliphatic carbocycles. The molecular weight excluding hydrogens is 172 g/mol. The highest BCUT2D eigenvalue weighted by molar-refractivity contribution is 6.32. The molecule has 0 heterocycles. The van der Waals surface area contributed by atoms with Crippen LogP contribution in [-0.4, -0.2) is 29.6 Å². The van der Waals surface area contributed by atoms with Crippen molar-refractivity contribution in [3.63, 3.8) is 0 Å². The van der Waals surface area contributed by atoms with Gasteiger partial charge in [0.15, 0.2) is 11.5 Å². The van der Waals surface area contributed by atoms with Crippen LogP contribution < -0.4 is 14.7 Å². The van der Waals surface area contributed by atoms with Crippen LogP contribution in [0.2, 0.25) is 0 Å². The number of ether oxygens (including phenoxy) is 2. The van der Waals surface area contributed by atoms with Crippen molar-refractivity contribution in [3.8, 4) is 17.2 Å². The lowest BCUT2D eigenvalue weighted by molar-refractivity contribution is 0.340.